The monoisotopic (exact) mass is 318 g/mol. The van der Waals surface area contributed by atoms with Crippen LogP contribution in [0.15, 0.2) is 67.4 Å². The van der Waals surface area contributed by atoms with Gasteiger partial charge in [0.1, 0.15) is 6.33 Å². The van der Waals surface area contributed by atoms with Crippen molar-refractivity contribution in [3.8, 4) is 11.3 Å². The molecule has 0 saturated heterocycles. The maximum Gasteiger partial charge on any atom is 0.255 e. The SMILES string of the molecule is CCN(Cc1ccccc1)C(=O)c1ccc(-c2cncnc2)nc1. The summed E-state index contributed by atoms with van der Waals surface area (Å²) >= 11 is 0. The Hall–Kier alpha value is -3.08. The van der Waals surface area contributed by atoms with Gasteiger partial charge in [-0.25, -0.2) is 9.97 Å². The molecule has 2 heterocycles. The van der Waals surface area contributed by atoms with Crippen LogP contribution in [0.4, 0.5) is 0 Å². The van der Waals surface area contributed by atoms with Crippen LogP contribution >= 0.6 is 0 Å². The van der Waals surface area contributed by atoms with Crippen molar-refractivity contribution in [2.24, 2.45) is 0 Å². The molecule has 3 aromatic rings. The lowest BCUT2D eigenvalue weighted by Gasteiger charge is -2.21. The highest BCUT2D eigenvalue weighted by atomic mass is 16.2. The first-order valence-corrected chi connectivity index (χ1v) is 7.82. The Balaban J connectivity index is 1.76. The van der Waals surface area contributed by atoms with Crippen LogP contribution in [0.5, 0.6) is 0 Å². The highest BCUT2D eigenvalue weighted by molar-refractivity contribution is 5.94. The van der Waals surface area contributed by atoms with E-state index in [9.17, 15) is 4.79 Å². The molecule has 1 amide bonds. The van der Waals surface area contributed by atoms with Gasteiger partial charge in [-0.05, 0) is 24.6 Å². The Morgan fingerprint density at radius 1 is 1.00 bits per heavy atom. The molecule has 5 nitrogen and oxygen atoms in total. The van der Waals surface area contributed by atoms with Gasteiger partial charge in [-0.2, -0.15) is 0 Å². The lowest BCUT2D eigenvalue weighted by molar-refractivity contribution is 0.0752. The molecule has 3 rings (SSSR count). The van der Waals surface area contributed by atoms with Crippen LogP contribution in [0.2, 0.25) is 0 Å². The summed E-state index contributed by atoms with van der Waals surface area (Å²) in [5, 5.41) is 0. The molecule has 0 unspecified atom stereocenters. The molecule has 5 heteroatoms. The number of carbonyl (C=O) groups is 1. The zero-order valence-corrected chi connectivity index (χ0v) is 13.5. The average molecular weight is 318 g/mol. The molecule has 0 aliphatic heterocycles. The Kier molecular flexibility index (Phi) is 4.91. The summed E-state index contributed by atoms with van der Waals surface area (Å²) in [6, 6.07) is 13.6. The lowest BCUT2D eigenvalue weighted by Crippen LogP contribution is -2.30. The third kappa shape index (κ3) is 3.63. The number of rotatable bonds is 5. The maximum atomic E-state index is 12.7. The number of nitrogens with zero attached hydrogens (tertiary/aromatic N) is 4. The van der Waals surface area contributed by atoms with Gasteiger partial charge >= 0.3 is 0 Å². The highest BCUT2D eigenvalue weighted by Crippen LogP contribution is 2.16. The van der Waals surface area contributed by atoms with E-state index in [1.165, 1.54) is 6.33 Å². The largest absolute Gasteiger partial charge is 0.335 e. The van der Waals surface area contributed by atoms with Crippen LogP contribution in [-0.4, -0.2) is 32.3 Å². The standard InChI is InChI=1S/C19H18N4O/c1-2-23(13-15-6-4-3-5-7-15)19(24)16-8-9-18(22-12-16)17-10-20-14-21-11-17/h3-12,14H,2,13H2,1H3. The van der Waals surface area contributed by atoms with E-state index < -0.39 is 0 Å². The van der Waals surface area contributed by atoms with Crippen LogP contribution in [0.25, 0.3) is 11.3 Å². The second-order valence-electron chi connectivity index (χ2n) is 5.36. The van der Waals surface area contributed by atoms with Gasteiger partial charge in [0.25, 0.3) is 5.91 Å². The van der Waals surface area contributed by atoms with Crippen molar-refractivity contribution >= 4 is 5.91 Å². The maximum absolute atomic E-state index is 12.7. The number of carbonyl (C=O) groups excluding carboxylic acids is 1. The number of benzene rings is 1. The summed E-state index contributed by atoms with van der Waals surface area (Å²) in [5.74, 6) is -0.0234. The first-order chi connectivity index (χ1) is 11.8. The van der Waals surface area contributed by atoms with Gasteiger partial charge in [-0.15, -0.1) is 0 Å². The second kappa shape index (κ2) is 7.46. The summed E-state index contributed by atoms with van der Waals surface area (Å²) < 4.78 is 0. The van der Waals surface area contributed by atoms with Gasteiger partial charge < -0.3 is 4.90 Å². The molecule has 120 valence electrons. The molecular formula is C19H18N4O. The van der Waals surface area contributed by atoms with Crippen LogP contribution in [0.3, 0.4) is 0 Å². The molecule has 0 aliphatic carbocycles. The molecule has 0 bridgehead atoms. The van der Waals surface area contributed by atoms with Crippen molar-refractivity contribution in [2.45, 2.75) is 13.5 Å². The molecule has 0 saturated carbocycles. The molecule has 0 N–H and O–H groups in total. The van der Waals surface area contributed by atoms with E-state index in [4.69, 9.17) is 0 Å². The van der Waals surface area contributed by atoms with Gasteiger partial charge in [-0.3, -0.25) is 9.78 Å². The van der Waals surface area contributed by atoms with Crippen molar-refractivity contribution in [1.82, 2.24) is 19.9 Å². The molecular weight excluding hydrogens is 300 g/mol. The Morgan fingerprint density at radius 2 is 1.75 bits per heavy atom. The second-order valence-corrected chi connectivity index (χ2v) is 5.36. The number of amides is 1. The van der Waals surface area contributed by atoms with Crippen molar-refractivity contribution in [1.29, 1.82) is 0 Å². The first-order valence-electron chi connectivity index (χ1n) is 7.82. The Bertz CT molecular complexity index is 789. The normalized spacial score (nSPS) is 10.4. The van der Waals surface area contributed by atoms with Gasteiger partial charge in [0, 0.05) is 37.2 Å². The molecule has 24 heavy (non-hydrogen) atoms. The summed E-state index contributed by atoms with van der Waals surface area (Å²) in [6.07, 6.45) is 6.48. The minimum Gasteiger partial charge on any atom is -0.335 e. The molecule has 0 aliphatic rings. The predicted molar refractivity (Wildman–Crippen MR) is 92.1 cm³/mol. The third-order valence-corrected chi connectivity index (χ3v) is 3.75. The number of hydrogen-bond donors (Lipinski definition) is 0. The van der Waals surface area contributed by atoms with Gasteiger partial charge in [0.15, 0.2) is 0 Å². The highest BCUT2D eigenvalue weighted by Gasteiger charge is 2.15. The van der Waals surface area contributed by atoms with E-state index in [2.05, 4.69) is 15.0 Å². The number of pyridine rings is 1. The quantitative estimate of drug-likeness (QED) is 0.725. The van der Waals surface area contributed by atoms with Crippen molar-refractivity contribution in [3.63, 3.8) is 0 Å². The van der Waals surface area contributed by atoms with Crippen molar-refractivity contribution in [3.05, 3.63) is 78.5 Å². The molecule has 1 aromatic carbocycles. The molecule has 2 aromatic heterocycles. The van der Waals surface area contributed by atoms with E-state index in [0.29, 0.717) is 18.7 Å². The zero-order valence-electron chi connectivity index (χ0n) is 13.5. The molecule has 0 radical (unpaired) electrons. The number of aromatic nitrogens is 3. The molecule has 0 fully saturated rings. The third-order valence-electron chi connectivity index (χ3n) is 3.75. The fraction of sp³-hybridized carbons (Fsp3) is 0.158. The summed E-state index contributed by atoms with van der Waals surface area (Å²) in [4.78, 5) is 26.8. The van der Waals surface area contributed by atoms with E-state index in [0.717, 1.165) is 16.8 Å². The zero-order chi connectivity index (χ0) is 16.8. The minimum atomic E-state index is -0.0234. The smallest absolute Gasteiger partial charge is 0.255 e. The van der Waals surface area contributed by atoms with Crippen molar-refractivity contribution < 1.29 is 4.79 Å². The van der Waals surface area contributed by atoms with Crippen LogP contribution in [-0.2, 0) is 6.54 Å². The Morgan fingerprint density at radius 3 is 2.38 bits per heavy atom. The van der Waals surface area contributed by atoms with E-state index in [-0.39, 0.29) is 5.91 Å². The van der Waals surface area contributed by atoms with Crippen LogP contribution in [0.1, 0.15) is 22.8 Å². The van der Waals surface area contributed by atoms with E-state index >= 15 is 0 Å². The van der Waals surface area contributed by atoms with E-state index in [1.54, 1.807) is 29.6 Å². The van der Waals surface area contributed by atoms with Crippen molar-refractivity contribution in [2.75, 3.05) is 6.54 Å². The fourth-order valence-corrected chi connectivity index (χ4v) is 2.44. The predicted octanol–water partition coefficient (Wildman–Crippen LogP) is 3.20. The van der Waals surface area contributed by atoms with Crippen LogP contribution < -0.4 is 0 Å². The molecule has 0 spiro atoms. The van der Waals surface area contributed by atoms with E-state index in [1.807, 2.05) is 43.3 Å². The topological polar surface area (TPSA) is 59.0 Å². The first kappa shape index (κ1) is 15.8. The lowest BCUT2D eigenvalue weighted by atomic mass is 10.1. The number of hydrogen-bond acceptors (Lipinski definition) is 4. The summed E-state index contributed by atoms with van der Waals surface area (Å²) in [7, 11) is 0. The van der Waals surface area contributed by atoms with Gasteiger partial charge in [-0.1, -0.05) is 30.3 Å². The molecule has 0 atom stereocenters. The fourth-order valence-electron chi connectivity index (χ4n) is 2.44. The van der Waals surface area contributed by atoms with Gasteiger partial charge in [0.2, 0.25) is 0 Å². The summed E-state index contributed by atoms with van der Waals surface area (Å²) in [5.41, 5.74) is 3.26. The summed E-state index contributed by atoms with van der Waals surface area (Å²) in [6.45, 7) is 3.20. The average Bonchev–Trinajstić information content (AvgIpc) is 2.67. The Labute approximate surface area is 141 Å². The van der Waals surface area contributed by atoms with Gasteiger partial charge in [0.05, 0.1) is 11.3 Å². The van der Waals surface area contributed by atoms with Crippen LogP contribution in [0, 0.1) is 0 Å². The minimum absolute atomic E-state index is 0.0234.